The molecule has 0 aliphatic rings. The maximum Gasteiger partial charge on any atom is 0.332 e. The SMILES string of the molecule is CCCCCCCCCCCCCOC(=O)COCC(=O)OC(C)CCCCCC. The molecule has 0 aromatic carbocycles. The van der Waals surface area contributed by atoms with Crippen molar-refractivity contribution in [3.63, 3.8) is 0 Å². The molecular formula is C25H48O5. The Morgan fingerprint density at radius 1 is 0.633 bits per heavy atom. The molecule has 5 nitrogen and oxygen atoms in total. The van der Waals surface area contributed by atoms with Crippen molar-refractivity contribution in [2.75, 3.05) is 19.8 Å². The van der Waals surface area contributed by atoms with E-state index in [1.807, 2.05) is 6.92 Å². The first-order valence-corrected chi connectivity index (χ1v) is 12.5. The van der Waals surface area contributed by atoms with Gasteiger partial charge in [0.2, 0.25) is 0 Å². The third-order valence-electron chi connectivity index (χ3n) is 5.25. The monoisotopic (exact) mass is 428 g/mol. The van der Waals surface area contributed by atoms with Gasteiger partial charge in [0.25, 0.3) is 0 Å². The van der Waals surface area contributed by atoms with Crippen LogP contribution in [0.4, 0.5) is 0 Å². The van der Waals surface area contributed by atoms with Gasteiger partial charge in [-0.25, -0.2) is 9.59 Å². The van der Waals surface area contributed by atoms with Gasteiger partial charge in [-0.15, -0.1) is 0 Å². The fourth-order valence-electron chi connectivity index (χ4n) is 3.39. The first kappa shape index (κ1) is 28.9. The second kappa shape index (κ2) is 22.6. The number of carbonyl (C=O) groups is 2. The molecule has 0 N–H and O–H groups in total. The van der Waals surface area contributed by atoms with Gasteiger partial charge in [0.1, 0.15) is 13.2 Å². The number of rotatable bonds is 22. The minimum atomic E-state index is -0.420. The van der Waals surface area contributed by atoms with Crippen LogP contribution >= 0.6 is 0 Å². The van der Waals surface area contributed by atoms with Crippen molar-refractivity contribution >= 4 is 11.9 Å². The zero-order chi connectivity index (χ0) is 22.3. The molecule has 0 heterocycles. The van der Waals surface area contributed by atoms with Gasteiger partial charge < -0.3 is 14.2 Å². The van der Waals surface area contributed by atoms with Crippen molar-refractivity contribution < 1.29 is 23.8 Å². The Labute approximate surface area is 185 Å². The summed E-state index contributed by atoms with van der Waals surface area (Å²) in [6.45, 7) is 6.34. The molecule has 0 aromatic heterocycles. The van der Waals surface area contributed by atoms with Crippen LogP contribution in [0, 0.1) is 0 Å². The molecule has 0 saturated carbocycles. The summed E-state index contributed by atoms with van der Waals surface area (Å²) in [5.41, 5.74) is 0. The van der Waals surface area contributed by atoms with E-state index in [0.717, 1.165) is 25.7 Å². The number of hydrogen-bond donors (Lipinski definition) is 0. The molecule has 0 aliphatic carbocycles. The number of esters is 2. The van der Waals surface area contributed by atoms with Gasteiger partial charge in [0, 0.05) is 0 Å². The molecule has 30 heavy (non-hydrogen) atoms. The zero-order valence-electron chi connectivity index (χ0n) is 20.1. The Morgan fingerprint density at radius 2 is 1.10 bits per heavy atom. The quantitative estimate of drug-likeness (QED) is 0.141. The highest BCUT2D eigenvalue weighted by molar-refractivity contribution is 5.73. The smallest absolute Gasteiger partial charge is 0.332 e. The molecule has 0 aromatic rings. The Bertz CT molecular complexity index is 397. The van der Waals surface area contributed by atoms with Crippen molar-refractivity contribution in [1.82, 2.24) is 0 Å². The van der Waals surface area contributed by atoms with E-state index in [4.69, 9.17) is 14.2 Å². The fraction of sp³-hybridized carbons (Fsp3) is 0.920. The first-order valence-electron chi connectivity index (χ1n) is 12.5. The lowest BCUT2D eigenvalue weighted by Crippen LogP contribution is -2.22. The van der Waals surface area contributed by atoms with E-state index >= 15 is 0 Å². The topological polar surface area (TPSA) is 61.8 Å². The van der Waals surface area contributed by atoms with Gasteiger partial charge in [0.15, 0.2) is 0 Å². The van der Waals surface area contributed by atoms with Gasteiger partial charge in [-0.05, 0) is 26.2 Å². The Kier molecular flexibility index (Phi) is 21.8. The van der Waals surface area contributed by atoms with Gasteiger partial charge in [-0.1, -0.05) is 97.3 Å². The molecule has 0 radical (unpaired) electrons. The molecule has 0 aliphatic heterocycles. The average molecular weight is 429 g/mol. The number of hydrogen-bond acceptors (Lipinski definition) is 5. The molecule has 0 rings (SSSR count). The lowest BCUT2D eigenvalue weighted by molar-refractivity contribution is -0.158. The van der Waals surface area contributed by atoms with E-state index in [1.54, 1.807) is 0 Å². The lowest BCUT2D eigenvalue weighted by atomic mass is 10.1. The normalized spacial score (nSPS) is 12.0. The average Bonchev–Trinajstić information content (AvgIpc) is 2.72. The Hall–Kier alpha value is -1.10. The van der Waals surface area contributed by atoms with Crippen LogP contribution in [0.25, 0.3) is 0 Å². The van der Waals surface area contributed by atoms with E-state index in [2.05, 4.69) is 13.8 Å². The molecule has 0 amide bonds. The van der Waals surface area contributed by atoms with Crippen LogP contribution in [0.15, 0.2) is 0 Å². The third-order valence-corrected chi connectivity index (χ3v) is 5.25. The summed E-state index contributed by atoms with van der Waals surface area (Å²) in [6, 6.07) is 0. The summed E-state index contributed by atoms with van der Waals surface area (Å²) in [6.07, 6.45) is 19.3. The molecule has 0 fully saturated rings. The van der Waals surface area contributed by atoms with E-state index in [0.29, 0.717) is 6.61 Å². The molecule has 0 spiro atoms. The van der Waals surface area contributed by atoms with Crippen LogP contribution in [-0.2, 0) is 23.8 Å². The highest BCUT2D eigenvalue weighted by Crippen LogP contribution is 2.11. The van der Waals surface area contributed by atoms with E-state index < -0.39 is 11.9 Å². The van der Waals surface area contributed by atoms with Crippen LogP contribution in [0.3, 0.4) is 0 Å². The summed E-state index contributed by atoms with van der Waals surface area (Å²) in [5, 5.41) is 0. The number of carbonyl (C=O) groups excluding carboxylic acids is 2. The number of ether oxygens (including phenoxy) is 3. The number of unbranched alkanes of at least 4 members (excludes halogenated alkanes) is 13. The minimum Gasteiger partial charge on any atom is -0.464 e. The molecule has 1 unspecified atom stereocenters. The Morgan fingerprint density at radius 3 is 1.67 bits per heavy atom. The summed E-state index contributed by atoms with van der Waals surface area (Å²) in [7, 11) is 0. The lowest BCUT2D eigenvalue weighted by Gasteiger charge is -2.13. The summed E-state index contributed by atoms with van der Waals surface area (Å²) >= 11 is 0. The van der Waals surface area contributed by atoms with Gasteiger partial charge >= 0.3 is 11.9 Å². The maximum absolute atomic E-state index is 11.7. The second-order valence-electron chi connectivity index (χ2n) is 8.40. The minimum absolute atomic E-state index is 0.106. The predicted molar refractivity (Wildman–Crippen MR) is 123 cm³/mol. The van der Waals surface area contributed by atoms with Crippen molar-refractivity contribution in [2.45, 2.75) is 130 Å². The van der Waals surface area contributed by atoms with Crippen LogP contribution in [0.1, 0.15) is 124 Å². The molecule has 1 atom stereocenters. The highest BCUT2D eigenvalue weighted by Gasteiger charge is 2.11. The van der Waals surface area contributed by atoms with Crippen molar-refractivity contribution in [1.29, 1.82) is 0 Å². The predicted octanol–water partition coefficient (Wildman–Crippen LogP) is 6.76. The fourth-order valence-corrected chi connectivity index (χ4v) is 3.39. The van der Waals surface area contributed by atoms with Gasteiger partial charge in [-0.3, -0.25) is 0 Å². The molecule has 0 bridgehead atoms. The van der Waals surface area contributed by atoms with Gasteiger partial charge in [0.05, 0.1) is 12.7 Å². The highest BCUT2D eigenvalue weighted by atomic mass is 16.6. The van der Waals surface area contributed by atoms with Crippen molar-refractivity contribution in [2.24, 2.45) is 0 Å². The summed E-state index contributed by atoms with van der Waals surface area (Å²) in [5.74, 6) is -0.835. The summed E-state index contributed by atoms with van der Waals surface area (Å²) < 4.78 is 15.5. The van der Waals surface area contributed by atoms with Crippen LogP contribution in [-0.4, -0.2) is 37.9 Å². The Balaban J connectivity index is 3.40. The van der Waals surface area contributed by atoms with Crippen LogP contribution in [0.5, 0.6) is 0 Å². The molecule has 0 saturated heterocycles. The zero-order valence-corrected chi connectivity index (χ0v) is 20.1. The molecular weight excluding hydrogens is 380 g/mol. The molecule has 178 valence electrons. The molecule has 5 heteroatoms. The van der Waals surface area contributed by atoms with Crippen molar-refractivity contribution in [3.8, 4) is 0 Å². The van der Waals surface area contributed by atoms with Crippen LogP contribution < -0.4 is 0 Å². The van der Waals surface area contributed by atoms with E-state index in [-0.39, 0.29) is 19.3 Å². The summed E-state index contributed by atoms with van der Waals surface area (Å²) in [4.78, 5) is 23.3. The third kappa shape index (κ3) is 21.6. The largest absolute Gasteiger partial charge is 0.464 e. The maximum atomic E-state index is 11.7. The first-order chi connectivity index (χ1) is 14.6. The van der Waals surface area contributed by atoms with E-state index in [1.165, 1.54) is 77.0 Å². The second-order valence-corrected chi connectivity index (χ2v) is 8.40. The van der Waals surface area contributed by atoms with Gasteiger partial charge in [-0.2, -0.15) is 0 Å². The van der Waals surface area contributed by atoms with Crippen molar-refractivity contribution in [3.05, 3.63) is 0 Å². The van der Waals surface area contributed by atoms with Crippen LogP contribution in [0.2, 0.25) is 0 Å². The van der Waals surface area contributed by atoms with E-state index in [9.17, 15) is 9.59 Å². The standard InChI is InChI=1S/C25H48O5/c1-4-6-8-10-11-12-13-14-15-16-18-20-29-24(26)21-28-22-25(27)30-23(3)19-17-9-7-5-2/h23H,4-22H2,1-3H3.